The first kappa shape index (κ1) is 18.3. The van der Waals surface area contributed by atoms with Crippen LogP contribution in [-0.2, 0) is 16.0 Å². The largest absolute Gasteiger partial charge is 0.322 e. The Bertz CT molecular complexity index is 725. The van der Waals surface area contributed by atoms with Gasteiger partial charge in [0.2, 0.25) is 11.8 Å². The molecular formula is C18H18Cl2N2O2. The maximum atomic E-state index is 12.3. The van der Waals surface area contributed by atoms with Gasteiger partial charge in [-0.05, 0) is 36.2 Å². The van der Waals surface area contributed by atoms with Crippen molar-refractivity contribution in [2.24, 2.45) is 0 Å². The Morgan fingerprint density at radius 1 is 1.04 bits per heavy atom. The fraction of sp³-hybridized carbons (Fsp3) is 0.222. The summed E-state index contributed by atoms with van der Waals surface area (Å²) in [5.74, 6) is -0.598. The molecule has 0 radical (unpaired) electrons. The molecule has 2 rings (SSSR count). The van der Waals surface area contributed by atoms with E-state index in [4.69, 9.17) is 23.2 Å². The van der Waals surface area contributed by atoms with E-state index in [1.54, 1.807) is 18.2 Å². The molecule has 1 N–H and O–H groups in total. The number of hydrogen-bond donors (Lipinski definition) is 1. The Morgan fingerprint density at radius 2 is 1.62 bits per heavy atom. The highest BCUT2D eigenvalue weighted by atomic mass is 35.5. The average Bonchev–Trinajstić information content (AvgIpc) is 2.56. The number of para-hydroxylation sites is 1. The first-order valence-electron chi connectivity index (χ1n) is 7.53. The van der Waals surface area contributed by atoms with Crippen molar-refractivity contribution in [2.75, 3.05) is 16.8 Å². The van der Waals surface area contributed by atoms with E-state index in [0.29, 0.717) is 21.4 Å². The van der Waals surface area contributed by atoms with Crippen LogP contribution in [0.4, 0.5) is 11.4 Å². The first-order chi connectivity index (χ1) is 11.4. The second-order valence-corrected chi connectivity index (χ2v) is 6.08. The molecule has 0 atom stereocenters. The Balaban J connectivity index is 2.15. The Morgan fingerprint density at radius 3 is 2.12 bits per heavy atom. The van der Waals surface area contributed by atoms with E-state index in [-0.39, 0.29) is 18.4 Å². The number of hydrogen-bond acceptors (Lipinski definition) is 2. The van der Waals surface area contributed by atoms with Crippen LogP contribution in [0.15, 0.2) is 42.5 Å². The van der Waals surface area contributed by atoms with Crippen LogP contribution in [0.3, 0.4) is 0 Å². The van der Waals surface area contributed by atoms with Gasteiger partial charge < -0.3 is 10.2 Å². The van der Waals surface area contributed by atoms with Crippen molar-refractivity contribution < 1.29 is 9.59 Å². The van der Waals surface area contributed by atoms with Crippen LogP contribution < -0.4 is 10.2 Å². The average molecular weight is 365 g/mol. The van der Waals surface area contributed by atoms with Crippen molar-refractivity contribution in [2.45, 2.75) is 20.3 Å². The molecule has 0 aliphatic carbocycles. The van der Waals surface area contributed by atoms with Crippen LogP contribution in [0.1, 0.15) is 19.4 Å². The second-order valence-electron chi connectivity index (χ2n) is 5.27. The van der Waals surface area contributed by atoms with Gasteiger partial charge in [-0.15, -0.1) is 0 Å². The van der Waals surface area contributed by atoms with Gasteiger partial charge >= 0.3 is 0 Å². The highest BCUT2D eigenvalue weighted by Crippen LogP contribution is 2.29. The molecule has 0 aromatic heterocycles. The fourth-order valence-corrected chi connectivity index (χ4v) is 2.73. The zero-order chi connectivity index (χ0) is 17.7. The zero-order valence-corrected chi connectivity index (χ0v) is 15.0. The van der Waals surface area contributed by atoms with Gasteiger partial charge in [-0.1, -0.05) is 48.3 Å². The predicted octanol–water partition coefficient (Wildman–Crippen LogP) is 4.55. The molecule has 0 bridgehead atoms. The number of carbonyl (C=O) groups excluding carboxylic acids is 2. The molecule has 0 saturated carbocycles. The lowest BCUT2D eigenvalue weighted by atomic mass is 10.1. The number of nitrogens with zero attached hydrogens (tertiary/aromatic N) is 1. The van der Waals surface area contributed by atoms with E-state index in [2.05, 4.69) is 12.2 Å². The van der Waals surface area contributed by atoms with Crippen LogP contribution in [0.2, 0.25) is 10.0 Å². The van der Waals surface area contributed by atoms with Gasteiger partial charge in [-0.25, -0.2) is 0 Å². The molecular weight excluding hydrogens is 347 g/mol. The summed E-state index contributed by atoms with van der Waals surface area (Å²) in [5.41, 5.74) is 2.17. The molecule has 24 heavy (non-hydrogen) atoms. The van der Waals surface area contributed by atoms with Gasteiger partial charge in [0.05, 0.1) is 15.7 Å². The summed E-state index contributed by atoms with van der Waals surface area (Å²) < 4.78 is 0. The van der Waals surface area contributed by atoms with E-state index < -0.39 is 0 Å². The molecule has 0 aliphatic heterocycles. The lowest BCUT2D eigenvalue weighted by Crippen LogP contribution is -2.36. The number of anilines is 2. The summed E-state index contributed by atoms with van der Waals surface area (Å²) >= 11 is 12.1. The maximum Gasteiger partial charge on any atom is 0.244 e. The van der Waals surface area contributed by atoms with Crippen molar-refractivity contribution in [1.82, 2.24) is 0 Å². The summed E-state index contributed by atoms with van der Waals surface area (Å²) in [5, 5.41) is 3.35. The normalized spacial score (nSPS) is 10.3. The Labute approximate surface area is 151 Å². The van der Waals surface area contributed by atoms with Crippen molar-refractivity contribution >= 4 is 46.4 Å². The second kappa shape index (κ2) is 8.18. The number of rotatable bonds is 5. The van der Waals surface area contributed by atoms with E-state index >= 15 is 0 Å². The van der Waals surface area contributed by atoms with Crippen molar-refractivity contribution in [3.8, 4) is 0 Å². The van der Waals surface area contributed by atoms with Crippen molar-refractivity contribution in [3.63, 3.8) is 0 Å². The fourth-order valence-electron chi connectivity index (χ4n) is 2.24. The van der Waals surface area contributed by atoms with Gasteiger partial charge in [0, 0.05) is 12.6 Å². The van der Waals surface area contributed by atoms with E-state index in [1.807, 2.05) is 24.3 Å². The molecule has 2 aromatic carbocycles. The molecule has 0 saturated heterocycles. The van der Waals surface area contributed by atoms with Crippen LogP contribution in [0, 0.1) is 0 Å². The minimum atomic E-state index is -0.375. The van der Waals surface area contributed by atoms with Gasteiger partial charge in [0.1, 0.15) is 6.54 Å². The van der Waals surface area contributed by atoms with Crippen molar-refractivity contribution in [3.05, 3.63) is 58.1 Å². The number of benzene rings is 2. The molecule has 0 spiro atoms. The Kier molecular flexibility index (Phi) is 6.23. The molecule has 4 nitrogen and oxygen atoms in total. The van der Waals surface area contributed by atoms with Crippen LogP contribution >= 0.6 is 23.2 Å². The quantitative estimate of drug-likeness (QED) is 0.845. The summed E-state index contributed by atoms with van der Waals surface area (Å²) in [6.45, 7) is 3.35. The highest BCUT2D eigenvalue weighted by molar-refractivity contribution is 6.39. The number of aryl methyl sites for hydroxylation is 1. The molecule has 6 heteroatoms. The van der Waals surface area contributed by atoms with Gasteiger partial charge in [0.15, 0.2) is 0 Å². The third kappa shape index (κ3) is 4.49. The summed E-state index contributed by atoms with van der Waals surface area (Å²) in [6.07, 6.45) is 0.909. The molecule has 2 aromatic rings. The summed E-state index contributed by atoms with van der Waals surface area (Å²) in [6, 6.07) is 12.5. The molecule has 0 unspecified atom stereocenters. The summed E-state index contributed by atoms with van der Waals surface area (Å²) in [4.78, 5) is 25.6. The monoisotopic (exact) mass is 364 g/mol. The lowest BCUT2D eigenvalue weighted by Gasteiger charge is -2.21. The zero-order valence-electron chi connectivity index (χ0n) is 13.5. The number of carbonyl (C=O) groups is 2. The molecule has 0 fully saturated rings. The molecule has 126 valence electrons. The van der Waals surface area contributed by atoms with Crippen LogP contribution in [-0.4, -0.2) is 18.4 Å². The molecule has 0 heterocycles. The van der Waals surface area contributed by atoms with E-state index in [1.165, 1.54) is 11.8 Å². The van der Waals surface area contributed by atoms with Gasteiger partial charge in [-0.2, -0.15) is 0 Å². The summed E-state index contributed by atoms with van der Waals surface area (Å²) in [7, 11) is 0. The minimum absolute atomic E-state index is 0.123. The number of halogens is 2. The molecule has 2 amide bonds. The minimum Gasteiger partial charge on any atom is -0.322 e. The number of amides is 2. The SMILES string of the molecule is CCc1ccc(N(CC(=O)Nc2c(Cl)cccc2Cl)C(C)=O)cc1. The van der Waals surface area contributed by atoms with E-state index in [0.717, 1.165) is 12.0 Å². The Hall–Kier alpha value is -2.04. The van der Waals surface area contributed by atoms with E-state index in [9.17, 15) is 9.59 Å². The smallest absolute Gasteiger partial charge is 0.244 e. The van der Waals surface area contributed by atoms with Gasteiger partial charge in [0.25, 0.3) is 0 Å². The lowest BCUT2D eigenvalue weighted by molar-refractivity contribution is -0.120. The van der Waals surface area contributed by atoms with Crippen LogP contribution in [0.25, 0.3) is 0 Å². The third-order valence-corrected chi connectivity index (χ3v) is 4.20. The first-order valence-corrected chi connectivity index (χ1v) is 8.29. The third-order valence-electron chi connectivity index (χ3n) is 3.57. The maximum absolute atomic E-state index is 12.3. The van der Waals surface area contributed by atoms with Crippen LogP contribution in [0.5, 0.6) is 0 Å². The molecule has 0 aliphatic rings. The topological polar surface area (TPSA) is 49.4 Å². The highest BCUT2D eigenvalue weighted by Gasteiger charge is 2.17. The van der Waals surface area contributed by atoms with Gasteiger partial charge in [-0.3, -0.25) is 9.59 Å². The standard InChI is InChI=1S/C18H18Cl2N2O2/c1-3-13-7-9-14(10-8-13)22(12(2)23)11-17(24)21-18-15(19)5-4-6-16(18)20/h4-10H,3,11H2,1-2H3,(H,21,24). The number of nitrogens with one attached hydrogen (secondary N) is 1. The predicted molar refractivity (Wildman–Crippen MR) is 98.9 cm³/mol. The van der Waals surface area contributed by atoms with Crippen molar-refractivity contribution in [1.29, 1.82) is 0 Å².